The third-order valence-corrected chi connectivity index (χ3v) is 4.38. The Hall–Kier alpha value is -2.27. The number of halogens is 1. The second-order valence-corrected chi connectivity index (χ2v) is 6.29. The third-order valence-electron chi connectivity index (χ3n) is 3.72. The van der Waals surface area contributed by atoms with Crippen molar-refractivity contribution in [1.29, 1.82) is 0 Å². The molecule has 2 N–H and O–H groups in total. The largest absolute Gasteiger partial charge is 0.497 e. The number of methoxy groups -OCH3 is 1. The van der Waals surface area contributed by atoms with Crippen molar-refractivity contribution in [2.45, 2.75) is 13.3 Å². The van der Waals surface area contributed by atoms with Crippen molar-refractivity contribution in [2.75, 3.05) is 12.4 Å². The second kappa shape index (κ2) is 6.46. The van der Waals surface area contributed by atoms with E-state index in [0.717, 1.165) is 37.9 Å². The van der Waals surface area contributed by atoms with Gasteiger partial charge in [-0.25, -0.2) is 0 Å². The van der Waals surface area contributed by atoms with E-state index in [9.17, 15) is 4.79 Å². The molecule has 0 saturated heterocycles. The summed E-state index contributed by atoms with van der Waals surface area (Å²) in [6, 6.07) is 11.6. The first-order chi connectivity index (χ1) is 11.1. The van der Waals surface area contributed by atoms with E-state index >= 15 is 0 Å². The number of carbonyl (C=O) groups excluding carboxylic acids is 1. The number of hydrogen-bond donors (Lipinski definition) is 2. The van der Waals surface area contributed by atoms with E-state index in [1.54, 1.807) is 7.11 Å². The van der Waals surface area contributed by atoms with Crippen LogP contribution in [0.4, 0.5) is 5.69 Å². The van der Waals surface area contributed by atoms with Crippen LogP contribution in [0.25, 0.3) is 10.9 Å². The second-order valence-electron chi connectivity index (χ2n) is 5.43. The van der Waals surface area contributed by atoms with Gasteiger partial charge >= 0.3 is 0 Å². The van der Waals surface area contributed by atoms with Gasteiger partial charge in [0, 0.05) is 21.6 Å². The Labute approximate surface area is 143 Å². The Kier molecular flexibility index (Phi) is 4.39. The summed E-state index contributed by atoms with van der Waals surface area (Å²) < 4.78 is 6.13. The van der Waals surface area contributed by atoms with Crippen LogP contribution in [-0.2, 0) is 11.2 Å². The highest BCUT2D eigenvalue weighted by Crippen LogP contribution is 2.26. The van der Waals surface area contributed by atoms with Gasteiger partial charge in [-0.05, 0) is 64.3 Å². The number of rotatable bonds is 4. The van der Waals surface area contributed by atoms with E-state index in [2.05, 4.69) is 26.2 Å². The summed E-state index contributed by atoms with van der Waals surface area (Å²) in [5, 5.41) is 3.94. The summed E-state index contributed by atoms with van der Waals surface area (Å²) >= 11 is 3.47. The van der Waals surface area contributed by atoms with Crippen LogP contribution in [0, 0.1) is 6.92 Å². The van der Waals surface area contributed by atoms with Gasteiger partial charge in [0.1, 0.15) is 5.75 Å². The van der Waals surface area contributed by atoms with Crippen LogP contribution < -0.4 is 10.1 Å². The number of ether oxygens (including phenoxy) is 1. The Morgan fingerprint density at radius 1 is 1.26 bits per heavy atom. The van der Waals surface area contributed by atoms with Gasteiger partial charge in [0.25, 0.3) is 0 Å². The molecule has 23 heavy (non-hydrogen) atoms. The van der Waals surface area contributed by atoms with Crippen LogP contribution in [0.2, 0.25) is 0 Å². The number of aromatic nitrogens is 1. The first kappa shape index (κ1) is 15.6. The van der Waals surface area contributed by atoms with Gasteiger partial charge in [-0.15, -0.1) is 0 Å². The number of aryl methyl sites for hydroxylation is 1. The fourth-order valence-corrected chi connectivity index (χ4v) is 3.11. The topological polar surface area (TPSA) is 54.1 Å². The summed E-state index contributed by atoms with van der Waals surface area (Å²) in [7, 11) is 1.63. The molecule has 0 aliphatic heterocycles. The highest BCUT2D eigenvalue weighted by molar-refractivity contribution is 9.10. The standard InChI is InChI=1S/C18H17BrN2O2/c1-11-3-5-17(15(19)7-11)21-18(22)8-12-10-20-16-6-4-13(23-2)9-14(12)16/h3-7,9-10,20H,8H2,1-2H3,(H,21,22). The average molecular weight is 373 g/mol. The van der Waals surface area contributed by atoms with E-state index in [1.807, 2.05) is 49.5 Å². The molecule has 2 aromatic carbocycles. The van der Waals surface area contributed by atoms with Gasteiger partial charge in [-0.3, -0.25) is 4.79 Å². The molecule has 0 fully saturated rings. The van der Waals surface area contributed by atoms with E-state index in [0.29, 0.717) is 6.42 Å². The SMILES string of the molecule is COc1ccc2[nH]cc(CC(=O)Nc3ccc(C)cc3Br)c2c1. The molecule has 0 spiro atoms. The van der Waals surface area contributed by atoms with Gasteiger partial charge in [-0.1, -0.05) is 6.07 Å². The maximum absolute atomic E-state index is 12.3. The Bertz CT molecular complexity index is 871. The minimum absolute atomic E-state index is 0.0572. The molecule has 3 rings (SSSR count). The molecular formula is C18H17BrN2O2. The minimum atomic E-state index is -0.0572. The fraction of sp³-hybridized carbons (Fsp3) is 0.167. The molecule has 1 amide bonds. The molecule has 4 nitrogen and oxygen atoms in total. The van der Waals surface area contributed by atoms with E-state index in [-0.39, 0.29) is 5.91 Å². The Balaban J connectivity index is 1.80. The van der Waals surface area contributed by atoms with Crippen LogP contribution in [0.1, 0.15) is 11.1 Å². The summed E-state index contributed by atoms with van der Waals surface area (Å²) in [6.07, 6.45) is 2.17. The van der Waals surface area contributed by atoms with Crippen molar-refractivity contribution in [3.63, 3.8) is 0 Å². The number of fused-ring (bicyclic) bond motifs is 1. The van der Waals surface area contributed by atoms with Gasteiger partial charge in [0.15, 0.2) is 0 Å². The number of nitrogens with one attached hydrogen (secondary N) is 2. The smallest absolute Gasteiger partial charge is 0.228 e. The lowest BCUT2D eigenvalue weighted by Crippen LogP contribution is -2.14. The zero-order chi connectivity index (χ0) is 16.4. The number of hydrogen-bond acceptors (Lipinski definition) is 2. The molecule has 5 heteroatoms. The molecule has 118 valence electrons. The lowest BCUT2D eigenvalue weighted by molar-refractivity contribution is -0.115. The lowest BCUT2D eigenvalue weighted by atomic mass is 10.1. The molecule has 0 aliphatic carbocycles. The van der Waals surface area contributed by atoms with Crippen molar-refractivity contribution in [3.05, 3.63) is 58.2 Å². The first-order valence-electron chi connectivity index (χ1n) is 7.27. The molecular weight excluding hydrogens is 356 g/mol. The van der Waals surface area contributed by atoms with Gasteiger partial charge < -0.3 is 15.0 Å². The number of benzene rings is 2. The minimum Gasteiger partial charge on any atom is -0.497 e. The molecule has 1 aromatic heterocycles. The average Bonchev–Trinajstić information content (AvgIpc) is 2.92. The van der Waals surface area contributed by atoms with Crippen molar-refractivity contribution >= 4 is 38.4 Å². The van der Waals surface area contributed by atoms with E-state index in [4.69, 9.17) is 4.74 Å². The highest BCUT2D eigenvalue weighted by Gasteiger charge is 2.11. The molecule has 0 aliphatic rings. The van der Waals surface area contributed by atoms with Crippen molar-refractivity contribution in [3.8, 4) is 5.75 Å². The van der Waals surface area contributed by atoms with Crippen molar-refractivity contribution in [1.82, 2.24) is 4.98 Å². The first-order valence-corrected chi connectivity index (χ1v) is 8.06. The summed E-state index contributed by atoms with van der Waals surface area (Å²) in [4.78, 5) is 15.5. The van der Waals surface area contributed by atoms with Crippen LogP contribution >= 0.6 is 15.9 Å². The summed E-state index contributed by atoms with van der Waals surface area (Å²) in [6.45, 7) is 2.01. The molecule has 0 radical (unpaired) electrons. The molecule has 0 unspecified atom stereocenters. The number of anilines is 1. The molecule has 0 bridgehead atoms. The van der Waals surface area contributed by atoms with Crippen LogP contribution in [0.15, 0.2) is 47.1 Å². The third kappa shape index (κ3) is 3.40. The van der Waals surface area contributed by atoms with Gasteiger partial charge in [-0.2, -0.15) is 0 Å². The molecule has 0 saturated carbocycles. The maximum Gasteiger partial charge on any atom is 0.228 e. The maximum atomic E-state index is 12.3. The predicted octanol–water partition coefficient (Wildman–Crippen LogP) is 4.43. The Morgan fingerprint density at radius 3 is 2.83 bits per heavy atom. The predicted molar refractivity (Wildman–Crippen MR) is 96.1 cm³/mol. The summed E-state index contributed by atoms with van der Waals surface area (Å²) in [5.74, 6) is 0.721. The molecule has 0 atom stereocenters. The van der Waals surface area contributed by atoms with Crippen LogP contribution in [-0.4, -0.2) is 18.0 Å². The van der Waals surface area contributed by atoms with Crippen molar-refractivity contribution in [2.24, 2.45) is 0 Å². The molecule has 1 heterocycles. The van der Waals surface area contributed by atoms with Crippen LogP contribution in [0.5, 0.6) is 5.75 Å². The van der Waals surface area contributed by atoms with Crippen molar-refractivity contribution < 1.29 is 9.53 Å². The van der Waals surface area contributed by atoms with Crippen LogP contribution in [0.3, 0.4) is 0 Å². The lowest BCUT2D eigenvalue weighted by Gasteiger charge is -2.08. The van der Waals surface area contributed by atoms with Gasteiger partial charge in [0.2, 0.25) is 5.91 Å². The summed E-state index contributed by atoms with van der Waals surface area (Å²) in [5.41, 5.74) is 3.85. The number of aromatic amines is 1. The quantitative estimate of drug-likeness (QED) is 0.711. The Morgan fingerprint density at radius 2 is 2.09 bits per heavy atom. The normalized spacial score (nSPS) is 10.7. The number of carbonyl (C=O) groups is 1. The van der Waals surface area contributed by atoms with Gasteiger partial charge in [0.05, 0.1) is 19.2 Å². The number of H-pyrrole nitrogens is 1. The van der Waals surface area contributed by atoms with E-state index < -0.39 is 0 Å². The van der Waals surface area contributed by atoms with E-state index in [1.165, 1.54) is 0 Å². The molecule has 3 aromatic rings. The zero-order valence-electron chi connectivity index (χ0n) is 12.9. The monoisotopic (exact) mass is 372 g/mol. The fourth-order valence-electron chi connectivity index (χ4n) is 2.52. The zero-order valence-corrected chi connectivity index (χ0v) is 14.5. The number of amides is 1. The highest BCUT2D eigenvalue weighted by atomic mass is 79.9.